The van der Waals surface area contributed by atoms with Crippen molar-refractivity contribution >= 4 is 5.91 Å². The maximum Gasteiger partial charge on any atom is 0.251 e. The molecule has 2 aromatic rings. The Balaban J connectivity index is 1.90. The van der Waals surface area contributed by atoms with Crippen LogP contribution in [0.1, 0.15) is 21.7 Å². The van der Waals surface area contributed by atoms with Gasteiger partial charge in [0.05, 0.1) is 0 Å². The first-order valence-electron chi connectivity index (χ1n) is 6.00. The molecule has 0 saturated carbocycles. The van der Waals surface area contributed by atoms with E-state index in [0.29, 0.717) is 6.54 Å². The van der Waals surface area contributed by atoms with Crippen LogP contribution in [0.4, 0.5) is 0 Å². The van der Waals surface area contributed by atoms with Gasteiger partial charge >= 0.3 is 0 Å². The third-order valence-electron chi connectivity index (χ3n) is 2.95. The zero-order valence-corrected chi connectivity index (χ0v) is 10.7. The van der Waals surface area contributed by atoms with Gasteiger partial charge in [-0.1, -0.05) is 18.2 Å². The molecule has 0 aliphatic rings. The van der Waals surface area contributed by atoms with Crippen molar-refractivity contribution in [2.75, 3.05) is 6.54 Å². The number of benzene rings is 1. The molecule has 0 saturated heterocycles. The summed E-state index contributed by atoms with van der Waals surface area (Å²) in [5.41, 5.74) is 1.73. The number of nitrogens with one attached hydrogen (secondary N) is 1. The van der Waals surface area contributed by atoms with Crippen LogP contribution in [0.15, 0.2) is 36.7 Å². The van der Waals surface area contributed by atoms with Crippen LogP contribution in [-0.2, 0) is 6.54 Å². The number of amides is 1. The molecule has 94 valence electrons. The molecule has 0 bridgehead atoms. The molecule has 18 heavy (non-hydrogen) atoms. The van der Waals surface area contributed by atoms with Gasteiger partial charge in [0, 0.05) is 31.0 Å². The summed E-state index contributed by atoms with van der Waals surface area (Å²) in [6.45, 7) is 5.23. The lowest BCUT2D eigenvalue weighted by Gasteiger charge is -2.08. The second kappa shape index (κ2) is 5.49. The topological polar surface area (TPSA) is 46.9 Å². The van der Waals surface area contributed by atoms with Gasteiger partial charge in [0.15, 0.2) is 0 Å². The second-order valence-electron chi connectivity index (χ2n) is 4.24. The molecule has 1 amide bonds. The van der Waals surface area contributed by atoms with E-state index < -0.39 is 0 Å². The summed E-state index contributed by atoms with van der Waals surface area (Å²) in [7, 11) is 0. The van der Waals surface area contributed by atoms with Crippen molar-refractivity contribution in [1.82, 2.24) is 14.9 Å². The average molecular weight is 243 g/mol. The SMILES string of the molecule is Cc1ccccc1C(=O)NCCn1ccnc1C. The van der Waals surface area contributed by atoms with Gasteiger partial charge in [-0.15, -0.1) is 0 Å². The highest BCUT2D eigenvalue weighted by Crippen LogP contribution is 2.06. The predicted molar refractivity (Wildman–Crippen MR) is 70.5 cm³/mol. The van der Waals surface area contributed by atoms with Crippen molar-refractivity contribution in [3.05, 3.63) is 53.6 Å². The van der Waals surface area contributed by atoms with Crippen molar-refractivity contribution in [2.24, 2.45) is 0 Å². The highest BCUT2D eigenvalue weighted by Gasteiger charge is 2.07. The number of nitrogens with zero attached hydrogens (tertiary/aromatic N) is 2. The van der Waals surface area contributed by atoms with Crippen LogP contribution in [-0.4, -0.2) is 22.0 Å². The van der Waals surface area contributed by atoms with Crippen molar-refractivity contribution < 1.29 is 4.79 Å². The Hall–Kier alpha value is -2.10. The Labute approximate surface area is 107 Å². The largest absolute Gasteiger partial charge is 0.350 e. The summed E-state index contributed by atoms with van der Waals surface area (Å²) in [4.78, 5) is 16.1. The fourth-order valence-corrected chi connectivity index (χ4v) is 1.85. The average Bonchev–Trinajstić information content (AvgIpc) is 2.75. The molecule has 0 atom stereocenters. The molecule has 1 aromatic heterocycles. The number of hydrogen-bond acceptors (Lipinski definition) is 2. The first kappa shape index (κ1) is 12.4. The zero-order valence-electron chi connectivity index (χ0n) is 10.7. The minimum atomic E-state index is -0.0223. The van der Waals surface area contributed by atoms with Crippen LogP contribution in [0.25, 0.3) is 0 Å². The van der Waals surface area contributed by atoms with E-state index in [0.717, 1.165) is 23.5 Å². The maximum atomic E-state index is 11.9. The molecule has 1 heterocycles. The Morgan fingerprint density at radius 3 is 2.78 bits per heavy atom. The predicted octanol–water partition coefficient (Wildman–Crippen LogP) is 1.93. The molecule has 4 nitrogen and oxygen atoms in total. The van der Waals surface area contributed by atoms with Crippen LogP contribution in [0, 0.1) is 13.8 Å². The standard InChI is InChI=1S/C14H17N3O/c1-11-5-3-4-6-13(11)14(18)16-8-10-17-9-7-15-12(17)2/h3-7,9H,8,10H2,1-2H3,(H,16,18). The molecular formula is C14H17N3O. The lowest BCUT2D eigenvalue weighted by atomic mass is 10.1. The third-order valence-corrected chi connectivity index (χ3v) is 2.95. The molecule has 0 unspecified atom stereocenters. The van der Waals surface area contributed by atoms with Crippen LogP contribution in [0.2, 0.25) is 0 Å². The molecule has 1 aromatic carbocycles. The second-order valence-corrected chi connectivity index (χ2v) is 4.24. The monoisotopic (exact) mass is 243 g/mol. The molecule has 0 spiro atoms. The normalized spacial score (nSPS) is 10.3. The van der Waals surface area contributed by atoms with Gasteiger partial charge in [-0.05, 0) is 25.5 Å². The van der Waals surface area contributed by atoms with E-state index in [4.69, 9.17) is 0 Å². The number of hydrogen-bond donors (Lipinski definition) is 1. The summed E-state index contributed by atoms with van der Waals surface area (Å²) in [6.07, 6.45) is 3.67. The van der Waals surface area contributed by atoms with E-state index >= 15 is 0 Å². The van der Waals surface area contributed by atoms with Crippen molar-refractivity contribution in [3.8, 4) is 0 Å². The van der Waals surface area contributed by atoms with Gasteiger partial charge < -0.3 is 9.88 Å². The minimum Gasteiger partial charge on any atom is -0.350 e. The molecular weight excluding hydrogens is 226 g/mol. The molecule has 0 fully saturated rings. The van der Waals surface area contributed by atoms with Gasteiger partial charge in [0.2, 0.25) is 0 Å². The summed E-state index contributed by atoms with van der Waals surface area (Å²) >= 11 is 0. The quantitative estimate of drug-likeness (QED) is 0.892. The number of carbonyl (C=O) groups is 1. The zero-order chi connectivity index (χ0) is 13.0. The lowest BCUT2D eigenvalue weighted by Crippen LogP contribution is -2.27. The van der Waals surface area contributed by atoms with E-state index in [9.17, 15) is 4.79 Å². The lowest BCUT2D eigenvalue weighted by molar-refractivity contribution is 0.0951. The Morgan fingerprint density at radius 2 is 2.11 bits per heavy atom. The van der Waals surface area contributed by atoms with Crippen LogP contribution >= 0.6 is 0 Å². The van der Waals surface area contributed by atoms with E-state index in [1.165, 1.54) is 0 Å². The van der Waals surface area contributed by atoms with Crippen LogP contribution in [0.5, 0.6) is 0 Å². The fraction of sp³-hybridized carbons (Fsp3) is 0.286. The molecule has 1 N–H and O–H groups in total. The van der Waals surface area contributed by atoms with E-state index in [1.807, 2.05) is 48.9 Å². The van der Waals surface area contributed by atoms with Crippen molar-refractivity contribution in [3.63, 3.8) is 0 Å². The maximum absolute atomic E-state index is 11.9. The number of rotatable bonds is 4. The summed E-state index contributed by atoms with van der Waals surface area (Å²) in [5.74, 6) is 0.936. The molecule has 0 radical (unpaired) electrons. The summed E-state index contributed by atoms with van der Waals surface area (Å²) in [6, 6.07) is 7.59. The van der Waals surface area contributed by atoms with Crippen LogP contribution in [0.3, 0.4) is 0 Å². The number of aromatic nitrogens is 2. The fourth-order valence-electron chi connectivity index (χ4n) is 1.85. The van der Waals surface area contributed by atoms with Crippen molar-refractivity contribution in [2.45, 2.75) is 20.4 Å². The molecule has 0 aliphatic heterocycles. The summed E-state index contributed by atoms with van der Waals surface area (Å²) in [5, 5.41) is 2.92. The van der Waals surface area contributed by atoms with E-state index in [2.05, 4.69) is 10.3 Å². The Kier molecular flexibility index (Phi) is 3.77. The van der Waals surface area contributed by atoms with Gasteiger partial charge in [-0.25, -0.2) is 4.98 Å². The summed E-state index contributed by atoms with van der Waals surface area (Å²) < 4.78 is 2.01. The van der Waals surface area contributed by atoms with E-state index in [-0.39, 0.29) is 5.91 Å². The van der Waals surface area contributed by atoms with Gasteiger partial charge in [0.1, 0.15) is 5.82 Å². The highest BCUT2D eigenvalue weighted by atomic mass is 16.1. The minimum absolute atomic E-state index is 0.0223. The van der Waals surface area contributed by atoms with Crippen LogP contribution < -0.4 is 5.32 Å². The highest BCUT2D eigenvalue weighted by molar-refractivity contribution is 5.95. The van der Waals surface area contributed by atoms with E-state index in [1.54, 1.807) is 6.20 Å². The van der Waals surface area contributed by atoms with Crippen molar-refractivity contribution in [1.29, 1.82) is 0 Å². The van der Waals surface area contributed by atoms with Gasteiger partial charge in [-0.2, -0.15) is 0 Å². The Bertz CT molecular complexity index is 545. The first-order chi connectivity index (χ1) is 8.68. The van der Waals surface area contributed by atoms with Gasteiger partial charge in [0.25, 0.3) is 5.91 Å². The number of carbonyl (C=O) groups excluding carboxylic acids is 1. The smallest absolute Gasteiger partial charge is 0.251 e. The first-order valence-corrected chi connectivity index (χ1v) is 6.00. The molecule has 0 aliphatic carbocycles. The molecule has 2 rings (SSSR count). The number of imidazole rings is 1. The van der Waals surface area contributed by atoms with Gasteiger partial charge in [-0.3, -0.25) is 4.79 Å². The Morgan fingerprint density at radius 1 is 1.33 bits per heavy atom. The number of aryl methyl sites for hydroxylation is 2. The molecule has 4 heteroatoms. The third kappa shape index (κ3) is 2.77.